The fourth-order valence-electron chi connectivity index (χ4n) is 7.21. The molecule has 0 spiro atoms. The van der Waals surface area contributed by atoms with E-state index in [1.165, 1.54) is 6.92 Å². The first-order valence-electron chi connectivity index (χ1n) is 16.6. The number of benzene rings is 2. The molecule has 0 saturated carbocycles. The highest BCUT2D eigenvalue weighted by Gasteiger charge is 2.58. The van der Waals surface area contributed by atoms with Crippen LogP contribution in [-0.4, -0.2) is 97.3 Å². The van der Waals surface area contributed by atoms with Crippen LogP contribution in [0.1, 0.15) is 58.6 Å². The van der Waals surface area contributed by atoms with Gasteiger partial charge in [-0.1, -0.05) is 60.7 Å². The van der Waals surface area contributed by atoms with Gasteiger partial charge in [-0.15, -0.1) is 0 Å². The Morgan fingerprint density at radius 3 is 2.00 bits per heavy atom. The molecule has 0 aromatic heterocycles. The molecule has 4 fully saturated rings. The molecule has 0 aliphatic carbocycles. The second-order valence-corrected chi connectivity index (χ2v) is 13.7. The van der Waals surface area contributed by atoms with Crippen molar-refractivity contribution in [2.75, 3.05) is 13.7 Å². The third-order valence-corrected chi connectivity index (χ3v) is 9.14. The van der Waals surface area contributed by atoms with Crippen LogP contribution in [0.2, 0.25) is 0 Å². The van der Waals surface area contributed by atoms with Crippen LogP contribution in [0, 0.1) is 0 Å². The number of amides is 1. The van der Waals surface area contributed by atoms with Crippen LogP contribution in [-0.2, 0) is 60.6 Å². The highest BCUT2D eigenvalue weighted by atomic mass is 16.8. The number of carbonyl (C=O) groups is 2. The minimum atomic E-state index is -0.965. The Bertz CT molecular complexity index is 1390. The number of carbonyl (C=O) groups excluding carboxylic acids is 2. The van der Waals surface area contributed by atoms with Crippen LogP contribution in [0.5, 0.6) is 0 Å². The molecule has 0 unspecified atom stereocenters. The van der Waals surface area contributed by atoms with Gasteiger partial charge in [0.2, 0.25) is 0 Å². The molecule has 0 bridgehead atoms. The first-order valence-corrected chi connectivity index (χ1v) is 16.6. The van der Waals surface area contributed by atoms with E-state index in [0.717, 1.165) is 11.1 Å². The van der Waals surface area contributed by atoms with Crippen LogP contribution >= 0.6 is 0 Å². The van der Waals surface area contributed by atoms with E-state index in [9.17, 15) is 9.59 Å². The number of nitrogens with zero attached hydrogens (tertiary/aromatic N) is 1. The first-order chi connectivity index (χ1) is 22.9. The summed E-state index contributed by atoms with van der Waals surface area (Å²) in [6.07, 6.45) is -4.25. The molecule has 4 heterocycles. The fourth-order valence-corrected chi connectivity index (χ4v) is 7.21. The molecule has 6 rings (SSSR count). The van der Waals surface area contributed by atoms with Gasteiger partial charge >= 0.3 is 12.1 Å². The molecule has 262 valence electrons. The Hall–Kier alpha value is -3.10. The first kappa shape index (κ1) is 34.8. The molecular formula is C36H47NO11. The van der Waals surface area contributed by atoms with Gasteiger partial charge in [0, 0.05) is 14.0 Å². The highest BCUT2D eigenvalue weighted by molar-refractivity contribution is 5.69. The van der Waals surface area contributed by atoms with Gasteiger partial charge in [-0.25, -0.2) is 4.79 Å². The molecule has 2 aromatic carbocycles. The van der Waals surface area contributed by atoms with Gasteiger partial charge in [0.15, 0.2) is 17.9 Å². The lowest BCUT2D eigenvalue weighted by molar-refractivity contribution is -0.277. The van der Waals surface area contributed by atoms with Crippen LogP contribution in [0.15, 0.2) is 60.7 Å². The van der Waals surface area contributed by atoms with Crippen molar-refractivity contribution in [2.24, 2.45) is 0 Å². The number of piperidine rings is 1. The molecule has 0 N–H and O–H groups in total. The van der Waals surface area contributed by atoms with Gasteiger partial charge < -0.3 is 42.6 Å². The number of likely N-dealkylation sites (tertiary alicyclic amines) is 1. The van der Waals surface area contributed by atoms with Gasteiger partial charge in [0.05, 0.1) is 25.3 Å². The van der Waals surface area contributed by atoms with Crippen LogP contribution in [0.25, 0.3) is 0 Å². The third-order valence-electron chi connectivity index (χ3n) is 9.14. The van der Waals surface area contributed by atoms with E-state index in [1.807, 2.05) is 88.4 Å². The molecule has 12 nitrogen and oxygen atoms in total. The predicted octanol–water partition coefficient (Wildman–Crippen LogP) is 4.72. The fraction of sp³-hybridized carbons (Fsp3) is 0.611. The lowest BCUT2D eigenvalue weighted by atomic mass is 9.88. The normalized spacial score (nSPS) is 33.5. The molecule has 12 heteroatoms. The van der Waals surface area contributed by atoms with Crippen molar-refractivity contribution >= 4 is 12.1 Å². The molecular weight excluding hydrogens is 622 g/mol. The zero-order chi connectivity index (χ0) is 34.1. The Morgan fingerprint density at radius 1 is 0.792 bits per heavy atom. The van der Waals surface area contributed by atoms with E-state index in [-0.39, 0.29) is 13.2 Å². The number of fused-ring (bicyclic) bond motifs is 2. The summed E-state index contributed by atoms with van der Waals surface area (Å²) < 4.78 is 55.7. The van der Waals surface area contributed by atoms with Crippen molar-refractivity contribution in [2.45, 2.75) is 127 Å². The number of esters is 1. The number of hydrogen-bond acceptors (Lipinski definition) is 11. The lowest BCUT2D eigenvalue weighted by Crippen LogP contribution is -2.63. The van der Waals surface area contributed by atoms with Crippen LogP contribution in [0.4, 0.5) is 4.79 Å². The molecule has 1 amide bonds. The molecule has 2 aromatic rings. The summed E-state index contributed by atoms with van der Waals surface area (Å²) >= 11 is 0. The lowest BCUT2D eigenvalue weighted by Gasteiger charge is -2.45. The molecule has 4 aliphatic rings. The number of hydrogen-bond donors (Lipinski definition) is 0. The summed E-state index contributed by atoms with van der Waals surface area (Å²) in [6.45, 7) is 9.20. The van der Waals surface area contributed by atoms with Gasteiger partial charge in [-0.05, 0) is 51.7 Å². The maximum atomic E-state index is 13.8. The molecule has 9 atom stereocenters. The topological polar surface area (TPSA) is 120 Å². The smallest absolute Gasteiger partial charge is 0.410 e. The van der Waals surface area contributed by atoms with E-state index in [4.69, 9.17) is 42.6 Å². The second kappa shape index (κ2) is 14.4. The summed E-state index contributed by atoms with van der Waals surface area (Å²) in [5.74, 6) is -2.30. The average molecular weight is 670 g/mol. The maximum absolute atomic E-state index is 13.8. The average Bonchev–Trinajstić information content (AvgIpc) is 3.57. The molecule has 4 saturated heterocycles. The van der Waals surface area contributed by atoms with E-state index >= 15 is 0 Å². The van der Waals surface area contributed by atoms with Crippen LogP contribution < -0.4 is 0 Å². The quantitative estimate of drug-likeness (QED) is 0.327. The zero-order valence-electron chi connectivity index (χ0n) is 28.4. The van der Waals surface area contributed by atoms with Crippen molar-refractivity contribution in [1.82, 2.24) is 4.90 Å². The Labute approximate surface area is 281 Å². The van der Waals surface area contributed by atoms with Gasteiger partial charge in [0.25, 0.3) is 0 Å². The summed E-state index contributed by atoms with van der Waals surface area (Å²) in [4.78, 5) is 27.6. The Balaban J connectivity index is 1.26. The third kappa shape index (κ3) is 7.86. The van der Waals surface area contributed by atoms with E-state index in [2.05, 4.69) is 0 Å². The summed E-state index contributed by atoms with van der Waals surface area (Å²) in [5, 5.41) is 0. The minimum absolute atomic E-state index is 0.0778. The van der Waals surface area contributed by atoms with Crippen molar-refractivity contribution in [3.63, 3.8) is 0 Å². The van der Waals surface area contributed by atoms with Crippen molar-refractivity contribution in [1.29, 1.82) is 0 Å². The van der Waals surface area contributed by atoms with Crippen molar-refractivity contribution in [3.05, 3.63) is 71.8 Å². The Morgan fingerprint density at radius 2 is 1.38 bits per heavy atom. The number of rotatable bonds is 10. The zero-order valence-corrected chi connectivity index (χ0v) is 28.4. The van der Waals surface area contributed by atoms with Crippen LogP contribution in [0.3, 0.4) is 0 Å². The molecule has 0 radical (unpaired) electrons. The van der Waals surface area contributed by atoms with Gasteiger partial charge in [-0.3, -0.25) is 9.69 Å². The molecule has 4 aliphatic heterocycles. The van der Waals surface area contributed by atoms with E-state index in [0.29, 0.717) is 19.4 Å². The summed E-state index contributed by atoms with van der Waals surface area (Å²) in [5.41, 5.74) is 1.86. The minimum Gasteiger partial charge on any atom is -0.458 e. The maximum Gasteiger partial charge on any atom is 0.410 e. The SMILES string of the molecule is CO[C@H]1O[C@H](CC[C@@H]2[C@H]3OC(C)(C)O[C@H]3[C@H](OC(C)=O)CN2C(=O)OCc2ccccc2)[C@@H](OCc2ccccc2)[C@@H]2OC(C)(C)O[C@H]12. The standard InChI is InChI=1S/C36H47NO11/c1-22(38)43-27-19-37(34(39)42-21-24-15-11-8-12-16-24)25(28-30(27)46-35(2,3)45-28)17-18-26-29(41-20-23-13-9-7-10-14-23)31-32(33(40-6)44-26)48-36(4,5)47-31/h7-16,25-33H,17-21H2,1-6H3/t25-,26-,27-,28-,29-,30+,31+,32+,33+/m1/s1. The largest absolute Gasteiger partial charge is 0.458 e. The monoisotopic (exact) mass is 669 g/mol. The van der Waals surface area contributed by atoms with E-state index < -0.39 is 78.7 Å². The van der Waals surface area contributed by atoms with E-state index in [1.54, 1.807) is 12.0 Å². The summed E-state index contributed by atoms with van der Waals surface area (Å²) in [7, 11) is 1.58. The van der Waals surface area contributed by atoms with Gasteiger partial charge in [0.1, 0.15) is 43.2 Å². The second-order valence-electron chi connectivity index (χ2n) is 13.7. The molecule has 48 heavy (non-hydrogen) atoms. The van der Waals surface area contributed by atoms with Crippen molar-refractivity contribution < 1.29 is 52.2 Å². The highest BCUT2D eigenvalue weighted by Crippen LogP contribution is 2.43. The van der Waals surface area contributed by atoms with Crippen molar-refractivity contribution in [3.8, 4) is 0 Å². The predicted molar refractivity (Wildman–Crippen MR) is 170 cm³/mol. The van der Waals surface area contributed by atoms with Gasteiger partial charge in [-0.2, -0.15) is 0 Å². The Kier molecular flexibility index (Phi) is 10.4. The number of methoxy groups -OCH3 is 1. The summed E-state index contributed by atoms with van der Waals surface area (Å²) in [6, 6.07) is 18.9. The number of ether oxygens (including phenoxy) is 9.